The van der Waals surface area contributed by atoms with Gasteiger partial charge in [-0.15, -0.1) is 0 Å². The molecule has 1 N–H and O–H groups in total. The number of benzene rings is 1. The molecule has 0 unspecified atom stereocenters. The van der Waals surface area contributed by atoms with Crippen molar-refractivity contribution < 1.29 is 8.94 Å². The second-order valence-corrected chi connectivity index (χ2v) is 6.08. The van der Waals surface area contributed by atoms with E-state index in [2.05, 4.69) is 20.1 Å². The number of hydrogen-bond donors (Lipinski definition) is 1. The van der Waals surface area contributed by atoms with E-state index < -0.39 is 0 Å². The maximum Gasteiger partial charge on any atom is 0.240 e. The van der Waals surface area contributed by atoms with Gasteiger partial charge in [-0.2, -0.15) is 4.98 Å². The van der Waals surface area contributed by atoms with E-state index in [1.807, 2.05) is 31.2 Å². The molecule has 0 aliphatic rings. The fourth-order valence-electron chi connectivity index (χ4n) is 2.11. The van der Waals surface area contributed by atoms with Crippen molar-refractivity contribution in [3.8, 4) is 11.6 Å². The molecule has 0 fully saturated rings. The van der Waals surface area contributed by atoms with Gasteiger partial charge in [-0.25, -0.2) is 4.98 Å². The quantitative estimate of drug-likeness (QED) is 0.572. The number of thioether (sulfide) groups is 1. The average Bonchev–Trinajstić information content (AvgIpc) is 3.26. The topological polar surface area (TPSA) is 80.7 Å². The number of nitrogens with one attached hydrogen (secondary N) is 1. The van der Waals surface area contributed by atoms with Crippen molar-refractivity contribution in [3.63, 3.8) is 0 Å². The van der Waals surface area contributed by atoms with Crippen LogP contribution in [-0.4, -0.2) is 20.1 Å². The second kappa shape index (κ2) is 5.34. The third kappa shape index (κ3) is 2.39. The average molecular weight is 312 g/mol. The molecule has 7 heteroatoms. The zero-order chi connectivity index (χ0) is 14.9. The Morgan fingerprint density at radius 2 is 2.05 bits per heavy atom. The highest BCUT2D eigenvalue weighted by Crippen LogP contribution is 2.33. The third-order valence-corrected chi connectivity index (χ3v) is 4.16. The number of aromatic amines is 1. The molecule has 3 heterocycles. The molecule has 0 bridgehead atoms. The number of imidazole rings is 1. The fraction of sp³-hybridized carbons (Fsp3) is 0.133. The summed E-state index contributed by atoms with van der Waals surface area (Å²) in [7, 11) is 0. The summed E-state index contributed by atoms with van der Waals surface area (Å²) in [6.07, 6.45) is 1.58. The Balaban J connectivity index is 1.55. The molecule has 0 aliphatic heterocycles. The van der Waals surface area contributed by atoms with Crippen molar-refractivity contribution in [3.05, 3.63) is 48.6 Å². The molecule has 4 rings (SSSR count). The first-order chi connectivity index (χ1) is 10.8. The second-order valence-electron chi connectivity index (χ2n) is 4.75. The molecule has 0 saturated carbocycles. The van der Waals surface area contributed by atoms with Crippen molar-refractivity contribution in [1.82, 2.24) is 20.1 Å². The fourth-order valence-corrected chi connectivity index (χ4v) is 2.96. The maximum atomic E-state index is 5.31. The minimum Gasteiger partial charge on any atom is -0.461 e. The molecular weight excluding hydrogens is 300 g/mol. The number of aromatic nitrogens is 4. The van der Waals surface area contributed by atoms with Gasteiger partial charge in [0.2, 0.25) is 11.7 Å². The summed E-state index contributed by atoms with van der Waals surface area (Å²) < 4.78 is 10.6. The Bertz CT molecular complexity index is 864. The number of nitrogens with zero attached hydrogens (tertiary/aromatic N) is 3. The minimum absolute atomic E-state index is 0.0169. The van der Waals surface area contributed by atoms with E-state index in [1.165, 1.54) is 11.8 Å². The molecule has 0 amide bonds. The van der Waals surface area contributed by atoms with Gasteiger partial charge in [-0.05, 0) is 31.2 Å². The lowest BCUT2D eigenvalue weighted by atomic mass is 10.3. The number of furan rings is 1. The van der Waals surface area contributed by atoms with Crippen molar-refractivity contribution in [2.24, 2.45) is 0 Å². The smallest absolute Gasteiger partial charge is 0.240 e. The first-order valence-electron chi connectivity index (χ1n) is 6.78. The molecule has 1 atom stereocenters. The van der Waals surface area contributed by atoms with Gasteiger partial charge in [-0.3, -0.25) is 0 Å². The van der Waals surface area contributed by atoms with Crippen LogP contribution in [0.3, 0.4) is 0 Å². The zero-order valence-corrected chi connectivity index (χ0v) is 12.5. The molecule has 4 aromatic rings. The van der Waals surface area contributed by atoms with E-state index >= 15 is 0 Å². The lowest BCUT2D eigenvalue weighted by molar-refractivity contribution is 0.379. The first-order valence-corrected chi connectivity index (χ1v) is 7.66. The molecule has 6 nitrogen and oxygen atoms in total. The molecular formula is C15H12N4O2S. The number of hydrogen-bond acceptors (Lipinski definition) is 6. The summed E-state index contributed by atoms with van der Waals surface area (Å²) in [5, 5.41) is 4.75. The van der Waals surface area contributed by atoms with E-state index in [1.54, 1.807) is 18.4 Å². The summed E-state index contributed by atoms with van der Waals surface area (Å²) in [5.41, 5.74) is 1.96. The Morgan fingerprint density at radius 1 is 1.14 bits per heavy atom. The van der Waals surface area contributed by atoms with E-state index in [9.17, 15) is 0 Å². The van der Waals surface area contributed by atoms with Gasteiger partial charge in [0.05, 0.1) is 22.5 Å². The molecule has 1 aromatic carbocycles. The molecule has 22 heavy (non-hydrogen) atoms. The standard InChI is InChI=1S/C15H12N4O2S/c1-9(14-18-13(19-21-14)12-7-4-8-20-12)22-15-16-10-5-2-3-6-11(10)17-15/h2-9H,1H3,(H,16,17)/t9-/m1/s1. The van der Waals surface area contributed by atoms with Gasteiger partial charge in [0, 0.05) is 0 Å². The lowest BCUT2D eigenvalue weighted by Gasteiger charge is -2.02. The molecule has 3 aromatic heterocycles. The van der Waals surface area contributed by atoms with Gasteiger partial charge in [0.15, 0.2) is 10.9 Å². The van der Waals surface area contributed by atoms with Crippen LogP contribution in [0.15, 0.2) is 56.8 Å². The van der Waals surface area contributed by atoms with E-state index in [-0.39, 0.29) is 5.25 Å². The Kier molecular flexibility index (Phi) is 3.19. The Morgan fingerprint density at radius 3 is 2.86 bits per heavy atom. The van der Waals surface area contributed by atoms with Crippen LogP contribution in [0.2, 0.25) is 0 Å². The van der Waals surface area contributed by atoms with Crippen LogP contribution in [-0.2, 0) is 0 Å². The largest absolute Gasteiger partial charge is 0.461 e. The minimum atomic E-state index is -0.0169. The van der Waals surface area contributed by atoms with Crippen LogP contribution >= 0.6 is 11.8 Å². The first kappa shape index (κ1) is 13.1. The molecule has 0 aliphatic carbocycles. The predicted molar refractivity (Wildman–Crippen MR) is 82.4 cm³/mol. The zero-order valence-electron chi connectivity index (χ0n) is 11.7. The summed E-state index contributed by atoms with van der Waals surface area (Å²) in [6, 6.07) is 11.5. The van der Waals surface area contributed by atoms with Crippen LogP contribution in [0.4, 0.5) is 0 Å². The normalized spacial score (nSPS) is 12.8. The molecule has 0 spiro atoms. The van der Waals surface area contributed by atoms with Gasteiger partial charge in [-0.1, -0.05) is 29.1 Å². The van der Waals surface area contributed by atoms with Crippen LogP contribution in [0, 0.1) is 0 Å². The molecule has 110 valence electrons. The SMILES string of the molecule is C[C@@H](Sc1nc2ccccc2[nH]1)c1nc(-c2ccco2)no1. The van der Waals surface area contributed by atoms with E-state index in [0.717, 1.165) is 16.2 Å². The molecule has 0 radical (unpaired) electrons. The summed E-state index contributed by atoms with van der Waals surface area (Å²) in [5.74, 6) is 1.59. The summed E-state index contributed by atoms with van der Waals surface area (Å²) >= 11 is 1.54. The maximum absolute atomic E-state index is 5.31. The summed E-state index contributed by atoms with van der Waals surface area (Å²) in [4.78, 5) is 12.2. The van der Waals surface area contributed by atoms with Crippen molar-refractivity contribution >= 4 is 22.8 Å². The highest BCUT2D eigenvalue weighted by molar-refractivity contribution is 7.99. The highest BCUT2D eigenvalue weighted by atomic mass is 32.2. The van der Waals surface area contributed by atoms with Gasteiger partial charge in [0.25, 0.3) is 0 Å². The summed E-state index contributed by atoms with van der Waals surface area (Å²) in [6.45, 7) is 2.00. The van der Waals surface area contributed by atoms with Crippen LogP contribution in [0.5, 0.6) is 0 Å². The predicted octanol–water partition coefficient (Wildman–Crippen LogP) is 4.06. The van der Waals surface area contributed by atoms with Crippen LogP contribution < -0.4 is 0 Å². The highest BCUT2D eigenvalue weighted by Gasteiger charge is 2.19. The Labute approximate surface area is 129 Å². The number of para-hydroxylation sites is 2. The lowest BCUT2D eigenvalue weighted by Crippen LogP contribution is -1.89. The number of rotatable bonds is 4. The van der Waals surface area contributed by atoms with Crippen LogP contribution in [0.25, 0.3) is 22.6 Å². The number of H-pyrrole nitrogens is 1. The van der Waals surface area contributed by atoms with E-state index in [4.69, 9.17) is 8.94 Å². The van der Waals surface area contributed by atoms with Gasteiger partial charge in [0.1, 0.15) is 0 Å². The van der Waals surface area contributed by atoms with Crippen molar-refractivity contribution in [2.45, 2.75) is 17.3 Å². The molecule has 0 saturated heterocycles. The Hall–Kier alpha value is -2.54. The van der Waals surface area contributed by atoms with Gasteiger partial charge >= 0.3 is 0 Å². The third-order valence-electron chi connectivity index (χ3n) is 3.19. The van der Waals surface area contributed by atoms with Crippen molar-refractivity contribution in [1.29, 1.82) is 0 Å². The van der Waals surface area contributed by atoms with E-state index in [0.29, 0.717) is 17.5 Å². The monoisotopic (exact) mass is 312 g/mol. The van der Waals surface area contributed by atoms with Gasteiger partial charge < -0.3 is 13.9 Å². The number of fused-ring (bicyclic) bond motifs is 1. The van der Waals surface area contributed by atoms with Crippen molar-refractivity contribution in [2.75, 3.05) is 0 Å². The van der Waals surface area contributed by atoms with Crippen LogP contribution in [0.1, 0.15) is 18.1 Å².